The van der Waals surface area contributed by atoms with Crippen LogP contribution in [-0.4, -0.2) is 65.7 Å². The molecule has 1 N–H and O–H groups in total. The normalized spacial score (nSPS) is 24.2. The Morgan fingerprint density at radius 2 is 1.89 bits per heavy atom. The first kappa shape index (κ1) is 20.6. The van der Waals surface area contributed by atoms with Crippen LogP contribution in [0, 0.1) is 18.8 Å². The molecule has 1 aliphatic heterocycles. The van der Waals surface area contributed by atoms with Crippen molar-refractivity contribution in [1.82, 2.24) is 15.0 Å². The lowest BCUT2D eigenvalue weighted by Gasteiger charge is -2.39. The van der Waals surface area contributed by atoms with Crippen LogP contribution < -0.4 is 5.32 Å². The molecule has 2 heterocycles. The van der Waals surface area contributed by atoms with E-state index in [0.717, 1.165) is 0 Å². The van der Waals surface area contributed by atoms with Crippen molar-refractivity contribution in [2.75, 3.05) is 38.0 Å². The van der Waals surface area contributed by atoms with E-state index in [1.165, 1.54) is 4.90 Å². The predicted molar refractivity (Wildman–Crippen MR) is 94.4 cm³/mol. The highest BCUT2D eigenvalue weighted by Crippen LogP contribution is 2.42. The van der Waals surface area contributed by atoms with E-state index in [-0.39, 0.29) is 18.9 Å². The second-order valence-electron chi connectivity index (χ2n) is 7.51. The lowest BCUT2D eigenvalue weighted by molar-refractivity contribution is -0.201. The topological polar surface area (TPSA) is 78.7 Å². The van der Waals surface area contributed by atoms with Crippen molar-refractivity contribution in [3.63, 3.8) is 0 Å². The van der Waals surface area contributed by atoms with Crippen molar-refractivity contribution in [1.29, 1.82) is 0 Å². The number of carbonyl (C=O) groups is 2. The molecule has 3 rings (SSSR count). The van der Waals surface area contributed by atoms with Crippen molar-refractivity contribution in [3.8, 4) is 0 Å². The quantitative estimate of drug-likeness (QED) is 0.837. The molecular weight excluding hydrogens is 377 g/mol. The molecule has 1 saturated carbocycles. The highest BCUT2D eigenvalue weighted by atomic mass is 19.4. The van der Waals surface area contributed by atoms with E-state index in [0.29, 0.717) is 57.0 Å². The fourth-order valence-electron chi connectivity index (χ4n) is 3.99. The van der Waals surface area contributed by atoms with Crippen LogP contribution in [-0.2, 0) is 9.59 Å². The maximum absolute atomic E-state index is 13.3. The van der Waals surface area contributed by atoms with Crippen LogP contribution in [0.5, 0.6) is 0 Å². The fourth-order valence-corrected chi connectivity index (χ4v) is 3.99. The second-order valence-corrected chi connectivity index (χ2v) is 7.51. The first-order valence-electron chi connectivity index (χ1n) is 9.55. The summed E-state index contributed by atoms with van der Waals surface area (Å²) in [4.78, 5) is 28.1. The minimum Gasteiger partial charge on any atom is -0.360 e. The summed E-state index contributed by atoms with van der Waals surface area (Å²) in [5, 5.41) is 6.32. The zero-order chi connectivity index (χ0) is 20.3. The van der Waals surface area contributed by atoms with Crippen molar-refractivity contribution in [3.05, 3.63) is 11.8 Å². The molecular formula is C18H25F3N4O3. The number of carbonyl (C=O) groups excluding carboxylic acids is 2. The molecule has 0 bridgehead atoms. The molecule has 0 aromatic carbocycles. The van der Waals surface area contributed by atoms with Crippen molar-refractivity contribution in [2.45, 2.75) is 38.8 Å². The van der Waals surface area contributed by atoms with Gasteiger partial charge in [0.05, 0.1) is 12.5 Å². The lowest BCUT2D eigenvalue weighted by Crippen LogP contribution is -2.53. The molecule has 1 saturated heterocycles. The summed E-state index contributed by atoms with van der Waals surface area (Å²) >= 11 is 0. The molecule has 1 aliphatic carbocycles. The summed E-state index contributed by atoms with van der Waals surface area (Å²) in [6.45, 7) is 3.39. The Morgan fingerprint density at radius 1 is 1.21 bits per heavy atom. The average Bonchev–Trinajstić information content (AvgIpc) is 3.05. The van der Waals surface area contributed by atoms with Crippen LogP contribution in [0.1, 0.15) is 31.4 Å². The van der Waals surface area contributed by atoms with E-state index in [9.17, 15) is 22.8 Å². The minimum absolute atomic E-state index is 0.0293. The number of rotatable bonds is 4. The average molecular weight is 402 g/mol. The maximum atomic E-state index is 13.3. The summed E-state index contributed by atoms with van der Waals surface area (Å²) in [5.74, 6) is -2.24. The third-order valence-corrected chi connectivity index (χ3v) is 5.45. The predicted octanol–water partition coefficient (Wildman–Crippen LogP) is 2.43. The van der Waals surface area contributed by atoms with E-state index in [4.69, 9.17) is 4.52 Å². The van der Waals surface area contributed by atoms with Crippen LogP contribution in [0.15, 0.2) is 10.6 Å². The molecule has 2 atom stereocenters. The van der Waals surface area contributed by atoms with Gasteiger partial charge in [0, 0.05) is 38.2 Å². The number of aromatic nitrogens is 1. The number of hydrogen-bond acceptors (Lipinski definition) is 5. The molecule has 2 aliphatic rings. The van der Waals surface area contributed by atoms with Gasteiger partial charge in [-0.15, -0.1) is 0 Å². The van der Waals surface area contributed by atoms with Crippen molar-refractivity contribution >= 4 is 17.6 Å². The first-order valence-corrected chi connectivity index (χ1v) is 9.55. The van der Waals surface area contributed by atoms with E-state index >= 15 is 0 Å². The Kier molecular flexibility index (Phi) is 6.26. The Balaban J connectivity index is 1.49. The van der Waals surface area contributed by atoms with Crippen LogP contribution >= 0.6 is 0 Å². The minimum atomic E-state index is -4.33. The number of nitrogens with one attached hydrogen (secondary N) is 1. The van der Waals surface area contributed by atoms with Crippen molar-refractivity contribution in [2.24, 2.45) is 11.8 Å². The Bertz CT molecular complexity index is 698. The maximum Gasteiger partial charge on any atom is 0.392 e. The monoisotopic (exact) mass is 402 g/mol. The van der Waals surface area contributed by atoms with E-state index in [1.807, 2.05) is 4.90 Å². The van der Waals surface area contributed by atoms with Gasteiger partial charge in [-0.1, -0.05) is 18.0 Å². The summed E-state index contributed by atoms with van der Waals surface area (Å²) < 4.78 is 44.7. The number of anilines is 1. The van der Waals surface area contributed by atoms with Gasteiger partial charge in [0.2, 0.25) is 11.8 Å². The van der Waals surface area contributed by atoms with Gasteiger partial charge in [0.1, 0.15) is 5.76 Å². The lowest BCUT2D eigenvalue weighted by atomic mass is 9.78. The Labute approximate surface area is 161 Å². The van der Waals surface area contributed by atoms with Crippen LogP contribution in [0.25, 0.3) is 0 Å². The molecule has 156 valence electrons. The van der Waals surface area contributed by atoms with Gasteiger partial charge in [-0.25, -0.2) is 0 Å². The number of nitrogens with zero attached hydrogens (tertiary/aromatic N) is 3. The van der Waals surface area contributed by atoms with Crippen LogP contribution in [0.4, 0.5) is 19.0 Å². The van der Waals surface area contributed by atoms with Gasteiger partial charge in [-0.3, -0.25) is 14.5 Å². The van der Waals surface area contributed by atoms with Gasteiger partial charge in [0.15, 0.2) is 5.82 Å². The van der Waals surface area contributed by atoms with Gasteiger partial charge in [0.25, 0.3) is 0 Å². The number of hydrogen-bond donors (Lipinski definition) is 1. The van der Waals surface area contributed by atoms with Gasteiger partial charge in [-0.2, -0.15) is 13.2 Å². The zero-order valence-electron chi connectivity index (χ0n) is 15.8. The molecule has 1 aromatic heterocycles. The Morgan fingerprint density at radius 3 is 2.50 bits per heavy atom. The molecule has 0 spiro atoms. The molecule has 0 radical (unpaired) electrons. The third kappa shape index (κ3) is 5.03. The summed E-state index contributed by atoms with van der Waals surface area (Å²) in [5.41, 5.74) is 0. The largest absolute Gasteiger partial charge is 0.392 e. The van der Waals surface area contributed by atoms with Crippen LogP contribution in [0.3, 0.4) is 0 Å². The standard InChI is InChI=1S/C18H25F3N4O3/c1-12-10-15(23-28-12)22-16(26)11-24-6-8-25(9-7-24)17(27)13-4-2-3-5-14(13)18(19,20)21/h10,13-14H,2-9,11H2,1H3,(H,22,23,26). The molecule has 1 aromatic rings. The summed E-state index contributed by atoms with van der Waals surface area (Å²) in [6.07, 6.45) is -2.84. The molecule has 28 heavy (non-hydrogen) atoms. The number of piperazine rings is 1. The Hall–Kier alpha value is -2.10. The fraction of sp³-hybridized carbons (Fsp3) is 0.722. The molecule has 2 unspecified atom stereocenters. The SMILES string of the molecule is Cc1cc(NC(=O)CN2CCN(C(=O)C3CCCCC3C(F)(F)F)CC2)no1. The smallest absolute Gasteiger partial charge is 0.360 e. The third-order valence-electron chi connectivity index (χ3n) is 5.45. The second kappa shape index (κ2) is 8.50. The van der Waals surface area contributed by atoms with E-state index in [1.54, 1.807) is 13.0 Å². The number of alkyl halides is 3. The number of aryl methyl sites for hydroxylation is 1. The van der Waals surface area contributed by atoms with Gasteiger partial charge >= 0.3 is 6.18 Å². The molecule has 2 fully saturated rings. The molecule has 2 amide bonds. The number of amides is 2. The van der Waals surface area contributed by atoms with Gasteiger partial charge in [-0.05, 0) is 19.8 Å². The summed E-state index contributed by atoms with van der Waals surface area (Å²) in [7, 11) is 0. The van der Waals surface area contributed by atoms with Crippen molar-refractivity contribution < 1.29 is 27.3 Å². The van der Waals surface area contributed by atoms with E-state index in [2.05, 4.69) is 10.5 Å². The molecule has 10 heteroatoms. The van der Waals surface area contributed by atoms with Gasteiger partial charge < -0.3 is 14.7 Å². The molecule has 7 nitrogen and oxygen atoms in total. The summed E-state index contributed by atoms with van der Waals surface area (Å²) in [6, 6.07) is 1.61. The zero-order valence-corrected chi connectivity index (χ0v) is 15.8. The highest BCUT2D eigenvalue weighted by molar-refractivity contribution is 5.91. The van der Waals surface area contributed by atoms with Crippen LogP contribution in [0.2, 0.25) is 0 Å². The highest BCUT2D eigenvalue weighted by Gasteiger charge is 2.49. The number of halogens is 3. The van der Waals surface area contributed by atoms with E-state index < -0.39 is 23.9 Å². The first-order chi connectivity index (χ1) is 13.2.